The maximum atomic E-state index is 11.2. The van der Waals surface area contributed by atoms with Gasteiger partial charge in [0, 0.05) is 6.54 Å². The molecule has 2 rings (SSSR count). The Balaban J connectivity index is 1.92. The van der Waals surface area contributed by atoms with Gasteiger partial charge in [-0.3, -0.25) is 16.0 Å². The van der Waals surface area contributed by atoms with Crippen molar-refractivity contribution in [1.82, 2.24) is 0 Å². The van der Waals surface area contributed by atoms with Gasteiger partial charge in [0.1, 0.15) is 11.4 Å². The van der Waals surface area contributed by atoms with Crippen LogP contribution in [0.1, 0.15) is 39.0 Å². The van der Waals surface area contributed by atoms with Crippen LogP contribution in [-0.2, 0) is 0 Å². The van der Waals surface area contributed by atoms with Crippen LogP contribution < -0.4 is 16.6 Å². The van der Waals surface area contributed by atoms with Gasteiger partial charge >= 0.3 is 5.69 Å². The number of hydrazine groups is 1. The van der Waals surface area contributed by atoms with Crippen molar-refractivity contribution >= 4 is 17.1 Å². The number of nitro groups is 1. The highest BCUT2D eigenvalue weighted by Crippen LogP contribution is 2.33. The smallest absolute Gasteiger partial charge is 0.316 e. The third kappa shape index (κ3) is 4.07. The summed E-state index contributed by atoms with van der Waals surface area (Å²) in [5, 5.41) is 14.4. The van der Waals surface area contributed by atoms with Gasteiger partial charge in [0.25, 0.3) is 0 Å². The van der Waals surface area contributed by atoms with E-state index >= 15 is 0 Å². The standard InChI is InChI=1S/C15H24N4O2/c1-11-5-7-12(8-6-11)9-10-17-13-3-2-4-14(18-16)15(13)19(20)21/h2-4,11-12,17-18H,5-10,16H2,1H3. The largest absolute Gasteiger partial charge is 0.379 e. The Labute approximate surface area is 125 Å². The van der Waals surface area contributed by atoms with E-state index in [0.717, 1.165) is 24.8 Å². The molecule has 6 heteroatoms. The highest BCUT2D eigenvalue weighted by Gasteiger charge is 2.20. The molecule has 0 aliphatic heterocycles. The minimum atomic E-state index is -0.403. The minimum Gasteiger partial charge on any atom is -0.379 e. The Morgan fingerprint density at radius 3 is 2.57 bits per heavy atom. The predicted octanol–water partition coefficient (Wildman–Crippen LogP) is 3.51. The highest BCUT2D eigenvalue weighted by molar-refractivity contribution is 5.75. The van der Waals surface area contributed by atoms with E-state index in [2.05, 4.69) is 17.7 Å². The molecule has 0 heterocycles. The van der Waals surface area contributed by atoms with Gasteiger partial charge in [0.05, 0.1) is 4.92 Å². The average Bonchev–Trinajstić information content (AvgIpc) is 2.48. The number of anilines is 2. The third-order valence-electron chi connectivity index (χ3n) is 4.38. The molecule has 1 aromatic carbocycles. The summed E-state index contributed by atoms with van der Waals surface area (Å²) in [6, 6.07) is 5.08. The summed E-state index contributed by atoms with van der Waals surface area (Å²) < 4.78 is 0. The molecule has 21 heavy (non-hydrogen) atoms. The first-order valence-electron chi connectivity index (χ1n) is 7.59. The molecule has 0 aromatic heterocycles. The first kappa shape index (κ1) is 15.6. The third-order valence-corrected chi connectivity index (χ3v) is 4.38. The summed E-state index contributed by atoms with van der Waals surface area (Å²) in [5.74, 6) is 6.92. The van der Waals surface area contributed by atoms with Gasteiger partial charge in [0.2, 0.25) is 0 Å². The molecule has 0 saturated heterocycles. The summed E-state index contributed by atoms with van der Waals surface area (Å²) in [7, 11) is 0. The highest BCUT2D eigenvalue weighted by atomic mass is 16.6. The van der Waals surface area contributed by atoms with Gasteiger partial charge < -0.3 is 10.7 Å². The van der Waals surface area contributed by atoms with Crippen molar-refractivity contribution < 1.29 is 4.92 Å². The molecule has 0 unspecified atom stereocenters. The lowest BCUT2D eigenvalue weighted by atomic mass is 9.81. The fraction of sp³-hybridized carbons (Fsp3) is 0.600. The second kappa shape index (κ2) is 7.26. The summed E-state index contributed by atoms with van der Waals surface area (Å²) in [6.07, 6.45) is 6.21. The molecule has 0 amide bonds. The Bertz CT molecular complexity index is 485. The van der Waals surface area contributed by atoms with Crippen LogP contribution in [0.5, 0.6) is 0 Å². The zero-order valence-electron chi connectivity index (χ0n) is 12.5. The van der Waals surface area contributed by atoms with Crippen LogP contribution in [0, 0.1) is 22.0 Å². The van der Waals surface area contributed by atoms with E-state index < -0.39 is 4.92 Å². The molecule has 1 fully saturated rings. The minimum absolute atomic E-state index is 0.0114. The average molecular weight is 292 g/mol. The Morgan fingerprint density at radius 2 is 1.95 bits per heavy atom. The summed E-state index contributed by atoms with van der Waals surface area (Å²) in [4.78, 5) is 10.8. The van der Waals surface area contributed by atoms with Crippen molar-refractivity contribution in [2.24, 2.45) is 17.7 Å². The molecule has 1 saturated carbocycles. The van der Waals surface area contributed by atoms with Crippen molar-refractivity contribution in [2.45, 2.75) is 39.0 Å². The lowest BCUT2D eigenvalue weighted by molar-refractivity contribution is -0.383. The lowest BCUT2D eigenvalue weighted by Crippen LogP contribution is -2.16. The lowest BCUT2D eigenvalue weighted by Gasteiger charge is -2.26. The van der Waals surface area contributed by atoms with Crippen LogP contribution in [0.3, 0.4) is 0 Å². The quantitative estimate of drug-likeness (QED) is 0.424. The van der Waals surface area contributed by atoms with Gasteiger partial charge in [-0.25, -0.2) is 0 Å². The van der Waals surface area contributed by atoms with E-state index in [0.29, 0.717) is 11.4 Å². The maximum absolute atomic E-state index is 11.2. The van der Waals surface area contributed by atoms with E-state index in [1.54, 1.807) is 18.2 Å². The van der Waals surface area contributed by atoms with E-state index in [9.17, 15) is 10.1 Å². The van der Waals surface area contributed by atoms with Crippen LogP contribution >= 0.6 is 0 Å². The van der Waals surface area contributed by atoms with Gasteiger partial charge in [-0.15, -0.1) is 0 Å². The number of hydrogen-bond acceptors (Lipinski definition) is 5. The van der Waals surface area contributed by atoms with Crippen molar-refractivity contribution in [2.75, 3.05) is 17.3 Å². The van der Waals surface area contributed by atoms with Crippen molar-refractivity contribution in [1.29, 1.82) is 0 Å². The molecular weight excluding hydrogens is 268 g/mol. The molecule has 0 atom stereocenters. The van der Waals surface area contributed by atoms with E-state index in [4.69, 9.17) is 5.84 Å². The number of hydrogen-bond donors (Lipinski definition) is 3. The summed E-state index contributed by atoms with van der Waals surface area (Å²) >= 11 is 0. The molecular formula is C15H24N4O2. The normalized spacial score (nSPS) is 21.8. The number of nitro benzene ring substituents is 1. The fourth-order valence-corrected chi connectivity index (χ4v) is 3.03. The predicted molar refractivity (Wildman–Crippen MR) is 85.1 cm³/mol. The van der Waals surface area contributed by atoms with Crippen molar-refractivity contribution in [3.05, 3.63) is 28.3 Å². The Morgan fingerprint density at radius 1 is 1.29 bits per heavy atom. The number of benzene rings is 1. The van der Waals surface area contributed by atoms with Crippen LogP contribution in [0.2, 0.25) is 0 Å². The van der Waals surface area contributed by atoms with Gasteiger partial charge in [-0.05, 0) is 30.4 Å². The second-order valence-corrected chi connectivity index (χ2v) is 5.94. The molecule has 1 aliphatic rings. The molecule has 4 N–H and O–H groups in total. The van der Waals surface area contributed by atoms with E-state index in [-0.39, 0.29) is 5.69 Å². The van der Waals surface area contributed by atoms with Crippen molar-refractivity contribution in [3.8, 4) is 0 Å². The number of nitrogens with one attached hydrogen (secondary N) is 2. The van der Waals surface area contributed by atoms with E-state index in [1.807, 2.05) is 0 Å². The number of nitrogen functional groups attached to an aromatic ring is 1. The summed E-state index contributed by atoms with van der Waals surface area (Å²) in [5.41, 5.74) is 3.25. The fourth-order valence-electron chi connectivity index (χ4n) is 3.03. The first-order chi connectivity index (χ1) is 10.1. The molecule has 0 spiro atoms. The van der Waals surface area contributed by atoms with Crippen LogP contribution in [0.4, 0.5) is 17.1 Å². The maximum Gasteiger partial charge on any atom is 0.316 e. The number of nitrogens with zero attached hydrogens (tertiary/aromatic N) is 1. The van der Waals surface area contributed by atoms with E-state index in [1.165, 1.54) is 25.7 Å². The molecule has 116 valence electrons. The second-order valence-electron chi connectivity index (χ2n) is 5.94. The van der Waals surface area contributed by atoms with Crippen LogP contribution in [0.15, 0.2) is 18.2 Å². The Hall–Kier alpha value is -1.82. The molecule has 0 radical (unpaired) electrons. The monoisotopic (exact) mass is 292 g/mol. The number of para-hydroxylation sites is 1. The number of nitrogens with two attached hydrogens (primary N) is 1. The zero-order valence-corrected chi connectivity index (χ0v) is 12.5. The Kier molecular flexibility index (Phi) is 5.38. The molecule has 1 aromatic rings. The number of rotatable bonds is 6. The molecule has 6 nitrogen and oxygen atoms in total. The zero-order chi connectivity index (χ0) is 15.2. The summed E-state index contributed by atoms with van der Waals surface area (Å²) in [6.45, 7) is 3.07. The van der Waals surface area contributed by atoms with Gasteiger partial charge in [-0.2, -0.15) is 0 Å². The SMILES string of the molecule is CC1CCC(CCNc2cccc(NN)c2[N+](=O)[O-])CC1. The van der Waals surface area contributed by atoms with Crippen molar-refractivity contribution in [3.63, 3.8) is 0 Å². The van der Waals surface area contributed by atoms with Gasteiger partial charge in [0.15, 0.2) is 0 Å². The molecule has 0 bridgehead atoms. The van der Waals surface area contributed by atoms with Crippen LogP contribution in [0.25, 0.3) is 0 Å². The van der Waals surface area contributed by atoms with Crippen LogP contribution in [-0.4, -0.2) is 11.5 Å². The first-order valence-corrected chi connectivity index (χ1v) is 7.59. The topological polar surface area (TPSA) is 93.2 Å². The molecule has 1 aliphatic carbocycles. The van der Waals surface area contributed by atoms with Gasteiger partial charge in [-0.1, -0.05) is 38.7 Å².